The molecule has 6 heteroatoms. The van der Waals surface area contributed by atoms with Gasteiger partial charge in [0.2, 0.25) is 0 Å². The van der Waals surface area contributed by atoms with E-state index < -0.39 is 12.0 Å². The summed E-state index contributed by atoms with van der Waals surface area (Å²) < 4.78 is 0. The molecule has 1 saturated heterocycles. The molecular weight excluding hydrogens is 268 g/mol. The zero-order valence-electron chi connectivity index (χ0n) is 10.5. The van der Waals surface area contributed by atoms with Crippen molar-refractivity contribution in [3.63, 3.8) is 0 Å². The standard InChI is InChI=1S/C13H15ClN2O3/c1-8-4-3-7-16(10(8)13(18)19)12(17)9-5-2-6-15-11(9)14/h2,5-6,8,10H,3-4,7H2,1H3,(H,18,19). The molecule has 1 aliphatic heterocycles. The molecule has 0 spiro atoms. The number of piperidine rings is 1. The fraction of sp³-hybridized carbons (Fsp3) is 0.462. The largest absolute Gasteiger partial charge is 0.480 e. The van der Waals surface area contributed by atoms with Crippen molar-refractivity contribution in [2.24, 2.45) is 5.92 Å². The normalized spacial score (nSPS) is 23.2. The molecule has 0 saturated carbocycles. The number of nitrogens with zero attached hydrogens (tertiary/aromatic N) is 2. The van der Waals surface area contributed by atoms with Crippen LogP contribution in [0.4, 0.5) is 0 Å². The summed E-state index contributed by atoms with van der Waals surface area (Å²) in [7, 11) is 0. The fourth-order valence-corrected chi connectivity index (χ4v) is 2.69. The third-order valence-corrected chi connectivity index (χ3v) is 3.74. The van der Waals surface area contributed by atoms with Gasteiger partial charge in [-0.05, 0) is 30.9 Å². The maximum absolute atomic E-state index is 12.4. The third kappa shape index (κ3) is 2.71. The Morgan fingerprint density at radius 2 is 2.26 bits per heavy atom. The molecule has 2 heterocycles. The molecule has 1 aromatic heterocycles. The number of rotatable bonds is 2. The van der Waals surface area contributed by atoms with Crippen molar-refractivity contribution >= 4 is 23.5 Å². The Hall–Kier alpha value is -1.62. The number of carboxylic acids is 1. The number of carbonyl (C=O) groups is 2. The number of pyridine rings is 1. The van der Waals surface area contributed by atoms with Crippen LogP contribution in [-0.2, 0) is 4.79 Å². The lowest BCUT2D eigenvalue weighted by molar-refractivity contribution is -0.145. The van der Waals surface area contributed by atoms with Crippen molar-refractivity contribution in [1.29, 1.82) is 0 Å². The van der Waals surface area contributed by atoms with Crippen LogP contribution in [0.5, 0.6) is 0 Å². The molecule has 1 amide bonds. The number of amides is 1. The van der Waals surface area contributed by atoms with Gasteiger partial charge in [0, 0.05) is 12.7 Å². The van der Waals surface area contributed by atoms with E-state index >= 15 is 0 Å². The van der Waals surface area contributed by atoms with Crippen molar-refractivity contribution < 1.29 is 14.7 Å². The molecule has 1 N–H and O–H groups in total. The lowest BCUT2D eigenvalue weighted by Gasteiger charge is -2.37. The lowest BCUT2D eigenvalue weighted by atomic mass is 9.90. The number of carbonyl (C=O) groups excluding carboxylic acids is 1. The molecule has 0 bridgehead atoms. The van der Waals surface area contributed by atoms with Gasteiger partial charge in [-0.2, -0.15) is 0 Å². The highest BCUT2D eigenvalue weighted by atomic mass is 35.5. The van der Waals surface area contributed by atoms with Gasteiger partial charge in [-0.3, -0.25) is 4.79 Å². The first-order valence-corrected chi connectivity index (χ1v) is 6.54. The van der Waals surface area contributed by atoms with Crippen LogP contribution in [0.1, 0.15) is 30.1 Å². The smallest absolute Gasteiger partial charge is 0.326 e. The predicted molar refractivity (Wildman–Crippen MR) is 70.1 cm³/mol. The van der Waals surface area contributed by atoms with E-state index in [4.69, 9.17) is 11.6 Å². The fourth-order valence-electron chi connectivity index (χ4n) is 2.49. The quantitative estimate of drug-likeness (QED) is 0.843. The lowest BCUT2D eigenvalue weighted by Crippen LogP contribution is -2.52. The SMILES string of the molecule is CC1CCCN(C(=O)c2cccnc2Cl)C1C(=O)O. The van der Waals surface area contributed by atoms with Crippen molar-refractivity contribution in [2.45, 2.75) is 25.8 Å². The van der Waals surface area contributed by atoms with E-state index in [0.717, 1.165) is 12.8 Å². The van der Waals surface area contributed by atoms with E-state index in [1.807, 2.05) is 6.92 Å². The van der Waals surface area contributed by atoms with Crippen LogP contribution >= 0.6 is 11.6 Å². The molecule has 19 heavy (non-hydrogen) atoms. The number of hydrogen-bond donors (Lipinski definition) is 1. The number of halogens is 1. The van der Waals surface area contributed by atoms with E-state index in [1.165, 1.54) is 11.1 Å². The summed E-state index contributed by atoms with van der Waals surface area (Å²) in [5.74, 6) is -1.40. The van der Waals surface area contributed by atoms with E-state index in [2.05, 4.69) is 4.98 Å². The first kappa shape index (κ1) is 13.8. The first-order chi connectivity index (χ1) is 9.02. The molecule has 0 aliphatic carbocycles. The van der Waals surface area contributed by atoms with Crippen molar-refractivity contribution in [3.05, 3.63) is 29.0 Å². The number of aromatic nitrogens is 1. The summed E-state index contributed by atoms with van der Waals surface area (Å²) in [4.78, 5) is 29.0. The molecule has 5 nitrogen and oxygen atoms in total. The Bertz CT molecular complexity index is 506. The summed E-state index contributed by atoms with van der Waals surface area (Å²) in [6.07, 6.45) is 3.10. The van der Waals surface area contributed by atoms with Crippen LogP contribution in [0.3, 0.4) is 0 Å². The molecule has 2 rings (SSSR count). The molecule has 1 fully saturated rings. The minimum atomic E-state index is -0.972. The molecule has 2 atom stereocenters. The Labute approximate surface area is 116 Å². The molecule has 1 aromatic rings. The van der Waals surface area contributed by atoms with Gasteiger partial charge in [0.05, 0.1) is 5.56 Å². The second kappa shape index (κ2) is 5.57. The third-order valence-electron chi connectivity index (χ3n) is 3.44. The highest BCUT2D eigenvalue weighted by Gasteiger charge is 2.37. The zero-order chi connectivity index (χ0) is 14.0. The van der Waals surface area contributed by atoms with Gasteiger partial charge in [-0.25, -0.2) is 9.78 Å². The second-order valence-electron chi connectivity index (χ2n) is 4.74. The number of carboxylic acid groups (broad SMARTS) is 1. The maximum Gasteiger partial charge on any atom is 0.326 e. The number of hydrogen-bond acceptors (Lipinski definition) is 3. The summed E-state index contributed by atoms with van der Waals surface area (Å²) >= 11 is 5.90. The summed E-state index contributed by atoms with van der Waals surface area (Å²) in [6, 6.07) is 2.38. The predicted octanol–water partition coefficient (Wildman–Crippen LogP) is 2.06. The minimum Gasteiger partial charge on any atom is -0.480 e. The van der Waals surface area contributed by atoms with Crippen LogP contribution in [0.15, 0.2) is 18.3 Å². The summed E-state index contributed by atoms with van der Waals surface area (Å²) in [6.45, 7) is 2.29. The Kier molecular flexibility index (Phi) is 4.04. The molecule has 1 aliphatic rings. The van der Waals surface area contributed by atoms with Crippen molar-refractivity contribution in [1.82, 2.24) is 9.88 Å². The highest BCUT2D eigenvalue weighted by Crippen LogP contribution is 2.26. The summed E-state index contributed by atoms with van der Waals surface area (Å²) in [5, 5.41) is 9.41. The second-order valence-corrected chi connectivity index (χ2v) is 5.10. The van der Waals surface area contributed by atoms with Gasteiger partial charge in [0.25, 0.3) is 5.91 Å². The van der Waals surface area contributed by atoms with Gasteiger partial charge in [0.1, 0.15) is 11.2 Å². The summed E-state index contributed by atoms with van der Waals surface area (Å²) in [5.41, 5.74) is 0.254. The first-order valence-electron chi connectivity index (χ1n) is 6.16. The van der Waals surface area contributed by atoms with Crippen LogP contribution in [0.25, 0.3) is 0 Å². The molecule has 102 valence electrons. The Balaban J connectivity index is 2.31. The Morgan fingerprint density at radius 3 is 2.89 bits per heavy atom. The van der Waals surface area contributed by atoms with Crippen LogP contribution in [0.2, 0.25) is 5.15 Å². The maximum atomic E-state index is 12.4. The van der Waals surface area contributed by atoms with Crippen molar-refractivity contribution in [3.8, 4) is 0 Å². The van der Waals surface area contributed by atoms with E-state index in [0.29, 0.717) is 6.54 Å². The van der Waals surface area contributed by atoms with E-state index in [-0.39, 0.29) is 22.5 Å². The van der Waals surface area contributed by atoms with Gasteiger partial charge >= 0.3 is 5.97 Å². The van der Waals surface area contributed by atoms with E-state index in [1.54, 1.807) is 12.1 Å². The van der Waals surface area contributed by atoms with Gasteiger partial charge < -0.3 is 10.0 Å². The average Bonchev–Trinajstić information content (AvgIpc) is 2.37. The molecule has 2 unspecified atom stereocenters. The van der Waals surface area contributed by atoms with Crippen LogP contribution < -0.4 is 0 Å². The van der Waals surface area contributed by atoms with Crippen LogP contribution in [-0.4, -0.2) is 39.5 Å². The van der Waals surface area contributed by atoms with Crippen molar-refractivity contribution in [2.75, 3.05) is 6.54 Å². The number of likely N-dealkylation sites (tertiary alicyclic amines) is 1. The molecular formula is C13H15ClN2O3. The average molecular weight is 283 g/mol. The molecule has 0 radical (unpaired) electrons. The Morgan fingerprint density at radius 1 is 1.53 bits per heavy atom. The minimum absolute atomic E-state index is 0.0642. The monoisotopic (exact) mass is 282 g/mol. The number of aliphatic carboxylic acids is 1. The van der Waals surface area contributed by atoms with Gasteiger partial charge in [0.15, 0.2) is 0 Å². The van der Waals surface area contributed by atoms with Gasteiger partial charge in [-0.1, -0.05) is 18.5 Å². The van der Waals surface area contributed by atoms with E-state index in [9.17, 15) is 14.7 Å². The molecule has 0 aromatic carbocycles. The zero-order valence-corrected chi connectivity index (χ0v) is 11.3. The highest BCUT2D eigenvalue weighted by molar-refractivity contribution is 6.32. The van der Waals surface area contributed by atoms with Gasteiger partial charge in [-0.15, -0.1) is 0 Å². The topological polar surface area (TPSA) is 70.5 Å². The van der Waals surface area contributed by atoms with Crippen LogP contribution in [0, 0.1) is 5.92 Å².